The molecule has 0 bridgehead atoms. The third kappa shape index (κ3) is 4.45. The number of carbonyl (C=O) groups is 1. The number of anilines is 2. The first kappa shape index (κ1) is 21.4. The Morgan fingerprint density at radius 3 is 2.17 bits per heavy atom. The Morgan fingerprint density at radius 2 is 1.63 bits per heavy atom. The molecule has 0 aliphatic carbocycles. The van der Waals surface area contributed by atoms with Crippen molar-refractivity contribution in [1.82, 2.24) is 9.78 Å². The number of hydrogen-bond acceptors (Lipinski definition) is 3. The molecule has 0 radical (unpaired) electrons. The van der Waals surface area contributed by atoms with Gasteiger partial charge in [-0.25, -0.2) is 9.07 Å². The van der Waals surface area contributed by atoms with Crippen LogP contribution in [0.4, 0.5) is 28.9 Å². The highest BCUT2D eigenvalue weighted by Crippen LogP contribution is 2.34. The van der Waals surface area contributed by atoms with Crippen LogP contribution in [-0.2, 0) is 6.18 Å². The average molecular weight is 420 g/mol. The maximum Gasteiger partial charge on any atom is 0.434 e. The third-order valence-corrected chi connectivity index (χ3v) is 4.61. The number of nitrogens with one attached hydrogen (secondary N) is 1. The topological polar surface area (TPSA) is 50.2 Å². The van der Waals surface area contributed by atoms with Crippen molar-refractivity contribution in [3.05, 3.63) is 71.8 Å². The first-order valence-corrected chi connectivity index (χ1v) is 9.32. The fourth-order valence-corrected chi connectivity index (χ4v) is 3.11. The second-order valence-corrected chi connectivity index (χ2v) is 6.47. The zero-order chi connectivity index (χ0) is 21.9. The molecule has 0 aliphatic rings. The van der Waals surface area contributed by atoms with E-state index < -0.39 is 29.2 Å². The van der Waals surface area contributed by atoms with Crippen molar-refractivity contribution in [2.45, 2.75) is 20.0 Å². The Labute approximate surface area is 170 Å². The molecule has 9 heteroatoms. The molecular weight excluding hydrogens is 400 g/mol. The summed E-state index contributed by atoms with van der Waals surface area (Å²) in [6, 6.07) is 11.2. The predicted molar refractivity (Wildman–Crippen MR) is 106 cm³/mol. The van der Waals surface area contributed by atoms with E-state index in [2.05, 4.69) is 15.3 Å². The third-order valence-electron chi connectivity index (χ3n) is 4.61. The van der Waals surface area contributed by atoms with Gasteiger partial charge in [-0.1, -0.05) is 0 Å². The zero-order valence-electron chi connectivity index (χ0n) is 16.4. The number of alkyl halides is 3. The van der Waals surface area contributed by atoms with Crippen LogP contribution >= 0.6 is 0 Å². The molecule has 30 heavy (non-hydrogen) atoms. The molecule has 3 aromatic rings. The van der Waals surface area contributed by atoms with E-state index in [9.17, 15) is 22.4 Å². The minimum atomic E-state index is -4.84. The molecule has 1 amide bonds. The molecule has 0 spiro atoms. The number of halogens is 4. The van der Waals surface area contributed by atoms with Crippen molar-refractivity contribution in [3.8, 4) is 5.69 Å². The zero-order valence-corrected chi connectivity index (χ0v) is 16.4. The van der Waals surface area contributed by atoms with E-state index in [1.165, 1.54) is 0 Å². The van der Waals surface area contributed by atoms with Crippen molar-refractivity contribution < 1.29 is 22.4 Å². The van der Waals surface area contributed by atoms with E-state index in [4.69, 9.17) is 0 Å². The molecule has 158 valence electrons. The van der Waals surface area contributed by atoms with Crippen LogP contribution in [0, 0.1) is 5.82 Å². The average Bonchev–Trinajstić information content (AvgIpc) is 3.17. The van der Waals surface area contributed by atoms with E-state index in [0.29, 0.717) is 10.4 Å². The molecule has 1 N–H and O–H groups in total. The Kier molecular flexibility index (Phi) is 6.09. The molecule has 1 aromatic heterocycles. The summed E-state index contributed by atoms with van der Waals surface area (Å²) in [5, 5.41) is 6.19. The fourth-order valence-electron chi connectivity index (χ4n) is 3.11. The van der Waals surface area contributed by atoms with Crippen LogP contribution in [0.3, 0.4) is 0 Å². The Hall–Kier alpha value is -3.36. The van der Waals surface area contributed by atoms with E-state index in [1.54, 1.807) is 24.3 Å². The summed E-state index contributed by atoms with van der Waals surface area (Å²) in [5.74, 6) is -1.53. The SMILES string of the molecule is CCN(CC)c1ccc(NC(=O)c2cnn(-c3ccc(F)cc3)c2C(F)(F)F)cc1. The quantitative estimate of drug-likeness (QED) is 0.563. The van der Waals surface area contributed by atoms with Crippen LogP contribution in [-0.4, -0.2) is 28.8 Å². The van der Waals surface area contributed by atoms with Gasteiger partial charge in [0.05, 0.1) is 17.4 Å². The van der Waals surface area contributed by atoms with Crippen LogP contribution < -0.4 is 10.2 Å². The summed E-state index contributed by atoms with van der Waals surface area (Å²) in [6.45, 7) is 5.63. The Balaban J connectivity index is 1.90. The van der Waals surface area contributed by atoms with Gasteiger partial charge in [-0.05, 0) is 62.4 Å². The first-order valence-electron chi connectivity index (χ1n) is 9.32. The molecule has 0 unspecified atom stereocenters. The number of nitrogens with zero attached hydrogens (tertiary/aromatic N) is 3. The van der Waals surface area contributed by atoms with Crippen molar-refractivity contribution in [1.29, 1.82) is 0 Å². The number of carbonyl (C=O) groups excluding carboxylic acids is 1. The lowest BCUT2D eigenvalue weighted by molar-refractivity contribution is -0.143. The van der Waals surface area contributed by atoms with Gasteiger partial charge in [0.15, 0.2) is 5.69 Å². The highest BCUT2D eigenvalue weighted by molar-refractivity contribution is 6.05. The van der Waals surface area contributed by atoms with Crippen LogP contribution in [0.5, 0.6) is 0 Å². The lowest BCUT2D eigenvalue weighted by Gasteiger charge is -2.21. The van der Waals surface area contributed by atoms with Crippen LogP contribution in [0.25, 0.3) is 5.69 Å². The molecule has 5 nitrogen and oxygen atoms in total. The van der Waals surface area contributed by atoms with Gasteiger partial charge in [0, 0.05) is 24.5 Å². The van der Waals surface area contributed by atoms with Gasteiger partial charge in [0.25, 0.3) is 5.91 Å². The summed E-state index contributed by atoms with van der Waals surface area (Å²) in [7, 11) is 0. The molecule has 3 rings (SSSR count). The van der Waals surface area contributed by atoms with E-state index in [1.807, 2.05) is 13.8 Å². The van der Waals surface area contributed by atoms with E-state index >= 15 is 0 Å². The Bertz CT molecular complexity index is 1010. The number of rotatable bonds is 6. The van der Waals surface area contributed by atoms with Crippen LogP contribution in [0.15, 0.2) is 54.7 Å². The van der Waals surface area contributed by atoms with Gasteiger partial charge in [-0.15, -0.1) is 0 Å². The molecule has 0 atom stereocenters. The van der Waals surface area contributed by atoms with Crippen molar-refractivity contribution in [2.24, 2.45) is 0 Å². The van der Waals surface area contributed by atoms with Gasteiger partial charge < -0.3 is 10.2 Å². The van der Waals surface area contributed by atoms with Gasteiger partial charge in [0.1, 0.15) is 5.82 Å². The summed E-state index contributed by atoms with van der Waals surface area (Å²) in [6.07, 6.45) is -3.99. The maximum atomic E-state index is 13.7. The van der Waals surface area contributed by atoms with Gasteiger partial charge in [-0.2, -0.15) is 18.3 Å². The second kappa shape index (κ2) is 8.56. The molecule has 0 aliphatic heterocycles. The lowest BCUT2D eigenvalue weighted by Crippen LogP contribution is -2.22. The molecule has 0 saturated heterocycles. The highest BCUT2D eigenvalue weighted by Gasteiger charge is 2.40. The van der Waals surface area contributed by atoms with Crippen molar-refractivity contribution in [2.75, 3.05) is 23.3 Å². The monoisotopic (exact) mass is 420 g/mol. The van der Waals surface area contributed by atoms with Crippen LogP contribution in [0.1, 0.15) is 29.9 Å². The summed E-state index contributed by atoms with van der Waals surface area (Å²) in [5.41, 5.74) is -0.561. The van der Waals surface area contributed by atoms with E-state index in [-0.39, 0.29) is 5.69 Å². The first-order chi connectivity index (χ1) is 14.2. The summed E-state index contributed by atoms with van der Waals surface area (Å²) < 4.78 is 54.8. The Morgan fingerprint density at radius 1 is 1.03 bits per heavy atom. The fraction of sp³-hybridized carbons (Fsp3) is 0.238. The predicted octanol–water partition coefficient (Wildman–Crippen LogP) is 5.13. The molecule has 0 fully saturated rings. The summed E-state index contributed by atoms with van der Waals surface area (Å²) >= 11 is 0. The number of amides is 1. The van der Waals surface area contributed by atoms with E-state index in [0.717, 1.165) is 49.2 Å². The smallest absolute Gasteiger partial charge is 0.372 e. The lowest BCUT2D eigenvalue weighted by atomic mass is 10.2. The molecule has 2 aromatic carbocycles. The van der Waals surface area contributed by atoms with Crippen molar-refractivity contribution in [3.63, 3.8) is 0 Å². The molecule has 1 heterocycles. The summed E-state index contributed by atoms with van der Waals surface area (Å²) in [4.78, 5) is 14.7. The number of benzene rings is 2. The van der Waals surface area contributed by atoms with Crippen molar-refractivity contribution >= 4 is 17.3 Å². The minimum Gasteiger partial charge on any atom is -0.372 e. The largest absolute Gasteiger partial charge is 0.434 e. The molecule has 0 saturated carbocycles. The molecular formula is C21H20F4N4O. The van der Waals surface area contributed by atoms with Gasteiger partial charge >= 0.3 is 6.18 Å². The standard InChI is InChI=1S/C21H20F4N4O/c1-3-28(4-2)16-11-7-15(8-12-16)27-20(30)18-13-26-29(19(18)21(23,24)25)17-9-5-14(22)6-10-17/h5-13H,3-4H2,1-2H3,(H,27,30). The van der Waals surface area contributed by atoms with Gasteiger partial charge in [-0.3, -0.25) is 4.79 Å². The number of hydrogen-bond donors (Lipinski definition) is 1. The highest BCUT2D eigenvalue weighted by atomic mass is 19.4. The second-order valence-electron chi connectivity index (χ2n) is 6.47. The minimum absolute atomic E-state index is 0.00801. The van der Waals surface area contributed by atoms with Gasteiger partial charge in [0.2, 0.25) is 0 Å². The normalized spacial score (nSPS) is 11.4. The maximum absolute atomic E-state index is 13.7. The van der Waals surface area contributed by atoms with Crippen LogP contribution in [0.2, 0.25) is 0 Å². The number of aromatic nitrogens is 2.